The number of rotatable bonds is 3. The van der Waals surface area contributed by atoms with E-state index in [1.54, 1.807) is 0 Å². The monoisotopic (exact) mass is 322 g/mol. The second kappa shape index (κ2) is 5.82. The van der Waals surface area contributed by atoms with Gasteiger partial charge in [0.05, 0.1) is 12.5 Å². The number of hydrogen-bond donors (Lipinski definition) is 1. The van der Waals surface area contributed by atoms with E-state index in [1.807, 2.05) is 42.4 Å². The minimum Gasteiger partial charge on any atom is -0.361 e. The molecule has 0 spiro atoms. The lowest BCUT2D eigenvalue weighted by atomic mass is 10.1. The molecule has 1 amide bonds. The Labute approximate surface area is 141 Å². The molecule has 5 heteroatoms. The average molecular weight is 322 g/mol. The first kappa shape index (κ1) is 15.0. The van der Waals surface area contributed by atoms with Gasteiger partial charge in [-0.15, -0.1) is 0 Å². The predicted octanol–water partition coefficient (Wildman–Crippen LogP) is 3.00. The predicted molar refractivity (Wildman–Crippen MR) is 93.9 cm³/mol. The quantitative estimate of drug-likeness (QED) is 0.806. The van der Waals surface area contributed by atoms with Crippen LogP contribution < -0.4 is 0 Å². The highest BCUT2D eigenvalue weighted by molar-refractivity contribution is 5.89. The number of nitrogens with zero attached hydrogens (tertiary/aromatic N) is 3. The molecule has 1 saturated heterocycles. The highest BCUT2D eigenvalue weighted by Gasteiger charge is 2.29. The smallest absolute Gasteiger partial charge is 0.227 e. The van der Waals surface area contributed by atoms with Crippen LogP contribution >= 0.6 is 0 Å². The van der Waals surface area contributed by atoms with Crippen LogP contribution in [0.15, 0.2) is 36.7 Å². The van der Waals surface area contributed by atoms with Gasteiger partial charge in [0.15, 0.2) is 0 Å². The first-order valence-electron chi connectivity index (χ1n) is 8.46. The normalized spacial score (nSPS) is 17.8. The number of hydrogen-bond acceptors (Lipinski definition) is 2. The van der Waals surface area contributed by atoms with Crippen LogP contribution in [0.4, 0.5) is 0 Å². The molecule has 4 rings (SSSR count). The molecular formula is C19H22N4O. The molecule has 0 radical (unpaired) electrons. The first-order chi connectivity index (χ1) is 11.6. The minimum absolute atomic E-state index is 0.206. The summed E-state index contributed by atoms with van der Waals surface area (Å²) in [6.45, 7) is 5.71. The van der Waals surface area contributed by atoms with Gasteiger partial charge in [-0.3, -0.25) is 4.79 Å². The zero-order valence-corrected chi connectivity index (χ0v) is 14.1. The Kier molecular flexibility index (Phi) is 3.63. The van der Waals surface area contributed by atoms with Crippen molar-refractivity contribution in [2.24, 2.45) is 0 Å². The maximum absolute atomic E-state index is 12.7. The van der Waals surface area contributed by atoms with Crippen molar-refractivity contribution in [2.75, 3.05) is 13.1 Å². The molecule has 24 heavy (non-hydrogen) atoms. The molecular weight excluding hydrogens is 300 g/mol. The van der Waals surface area contributed by atoms with Crippen LogP contribution in [-0.2, 0) is 11.2 Å². The van der Waals surface area contributed by atoms with E-state index in [9.17, 15) is 4.79 Å². The summed E-state index contributed by atoms with van der Waals surface area (Å²) >= 11 is 0. The molecule has 124 valence electrons. The third-order valence-corrected chi connectivity index (χ3v) is 5.06. The number of carbonyl (C=O) groups is 1. The number of carbonyl (C=O) groups excluding carboxylic acids is 1. The van der Waals surface area contributed by atoms with Crippen molar-refractivity contribution < 1.29 is 4.79 Å². The Balaban J connectivity index is 1.48. The number of imidazole rings is 1. The van der Waals surface area contributed by atoms with Gasteiger partial charge in [0.25, 0.3) is 0 Å². The molecule has 1 unspecified atom stereocenters. The summed E-state index contributed by atoms with van der Waals surface area (Å²) in [6.07, 6.45) is 5.32. The number of likely N-dealkylation sites (tertiary alicyclic amines) is 1. The van der Waals surface area contributed by atoms with Gasteiger partial charge < -0.3 is 14.5 Å². The maximum Gasteiger partial charge on any atom is 0.227 e. The molecule has 1 N–H and O–H groups in total. The van der Waals surface area contributed by atoms with Gasteiger partial charge in [0.2, 0.25) is 5.91 Å². The number of aromatic nitrogens is 3. The molecule has 1 aliphatic rings. The lowest BCUT2D eigenvalue weighted by molar-refractivity contribution is -0.129. The summed E-state index contributed by atoms with van der Waals surface area (Å²) in [4.78, 5) is 22.3. The molecule has 0 aliphatic carbocycles. The zero-order chi connectivity index (χ0) is 16.7. The fraction of sp³-hybridized carbons (Fsp3) is 0.368. The Bertz CT molecular complexity index is 872. The summed E-state index contributed by atoms with van der Waals surface area (Å²) in [6, 6.07) is 8.48. The summed E-state index contributed by atoms with van der Waals surface area (Å²) in [5.41, 5.74) is 3.33. The number of benzene rings is 1. The van der Waals surface area contributed by atoms with Crippen molar-refractivity contribution in [3.05, 3.63) is 53.7 Å². The maximum atomic E-state index is 12.7. The number of aromatic amines is 1. The van der Waals surface area contributed by atoms with Crippen molar-refractivity contribution in [1.82, 2.24) is 19.4 Å². The van der Waals surface area contributed by atoms with E-state index in [4.69, 9.17) is 0 Å². The lowest BCUT2D eigenvalue weighted by Crippen LogP contribution is -2.30. The Morgan fingerprint density at radius 1 is 1.33 bits per heavy atom. The van der Waals surface area contributed by atoms with Crippen molar-refractivity contribution >= 4 is 16.8 Å². The number of amides is 1. The van der Waals surface area contributed by atoms with Gasteiger partial charge in [-0.05, 0) is 31.9 Å². The number of para-hydroxylation sites is 1. The van der Waals surface area contributed by atoms with Crippen LogP contribution in [0.2, 0.25) is 0 Å². The van der Waals surface area contributed by atoms with Crippen LogP contribution in [-0.4, -0.2) is 38.4 Å². The molecule has 5 nitrogen and oxygen atoms in total. The molecule has 2 aromatic heterocycles. The third-order valence-electron chi connectivity index (χ3n) is 5.06. The van der Waals surface area contributed by atoms with Gasteiger partial charge in [-0.25, -0.2) is 4.98 Å². The molecule has 3 heterocycles. The van der Waals surface area contributed by atoms with Crippen LogP contribution in [0, 0.1) is 13.8 Å². The van der Waals surface area contributed by atoms with E-state index in [1.165, 1.54) is 5.69 Å². The average Bonchev–Trinajstić information content (AvgIpc) is 3.28. The van der Waals surface area contributed by atoms with Gasteiger partial charge in [0, 0.05) is 42.1 Å². The van der Waals surface area contributed by atoms with E-state index >= 15 is 0 Å². The summed E-state index contributed by atoms with van der Waals surface area (Å²) in [7, 11) is 0. The van der Waals surface area contributed by atoms with E-state index in [-0.39, 0.29) is 5.91 Å². The number of nitrogens with one attached hydrogen (secondary N) is 1. The fourth-order valence-corrected chi connectivity index (χ4v) is 3.85. The van der Waals surface area contributed by atoms with Gasteiger partial charge >= 0.3 is 0 Å². The van der Waals surface area contributed by atoms with E-state index in [0.717, 1.165) is 41.8 Å². The minimum atomic E-state index is 0.206. The van der Waals surface area contributed by atoms with Crippen LogP contribution in [0.3, 0.4) is 0 Å². The number of H-pyrrole nitrogens is 1. The molecule has 1 fully saturated rings. The third kappa shape index (κ3) is 2.50. The Hall–Kier alpha value is -2.56. The van der Waals surface area contributed by atoms with E-state index < -0.39 is 0 Å². The molecule has 0 saturated carbocycles. The van der Waals surface area contributed by atoms with Crippen molar-refractivity contribution in [3.8, 4) is 0 Å². The van der Waals surface area contributed by atoms with Crippen LogP contribution in [0.5, 0.6) is 0 Å². The van der Waals surface area contributed by atoms with Crippen molar-refractivity contribution in [3.63, 3.8) is 0 Å². The largest absolute Gasteiger partial charge is 0.361 e. The molecule has 0 bridgehead atoms. The number of fused-ring (bicyclic) bond motifs is 1. The van der Waals surface area contributed by atoms with E-state index in [0.29, 0.717) is 12.5 Å². The second-order valence-electron chi connectivity index (χ2n) is 6.64. The summed E-state index contributed by atoms with van der Waals surface area (Å²) < 4.78 is 2.26. The van der Waals surface area contributed by atoms with Crippen molar-refractivity contribution in [2.45, 2.75) is 32.7 Å². The van der Waals surface area contributed by atoms with Gasteiger partial charge in [0.1, 0.15) is 5.82 Å². The van der Waals surface area contributed by atoms with Crippen LogP contribution in [0.25, 0.3) is 10.9 Å². The SMILES string of the molecule is Cc1cnc(C)n1C1CCN(C(=O)Cc2c[nH]c3ccccc23)C1. The van der Waals surface area contributed by atoms with Crippen LogP contribution in [0.1, 0.15) is 29.5 Å². The fourth-order valence-electron chi connectivity index (χ4n) is 3.85. The molecule has 1 atom stereocenters. The van der Waals surface area contributed by atoms with Gasteiger partial charge in [-0.1, -0.05) is 18.2 Å². The first-order valence-corrected chi connectivity index (χ1v) is 8.46. The number of aryl methyl sites for hydroxylation is 2. The second-order valence-corrected chi connectivity index (χ2v) is 6.64. The topological polar surface area (TPSA) is 53.9 Å². The summed E-state index contributed by atoms with van der Waals surface area (Å²) in [5.74, 6) is 1.24. The molecule has 3 aromatic rings. The lowest BCUT2D eigenvalue weighted by Gasteiger charge is -2.19. The zero-order valence-electron chi connectivity index (χ0n) is 14.1. The Morgan fingerprint density at radius 2 is 2.17 bits per heavy atom. The van der Waals surface area contributed by atoms with Crippen molar-refractivity contribution in [1.29, 1.82) is 0 Å². The molecule has 1 aromatic carbocycles. The standard InChI is InChI=1S/C19H22N4O/c1-13-10-20-14(2)23(13)16-7-8-22(12-16)19(24)9-15-11-21-18-6-4-3-5-17(15)18/h3-6,10-11,16,21H,7-9,12H2,1-2H3. The highest BCUT2D eigenvalue weighted by atomic mass is 16.2. The van der Waals surface area contributed by atoms with Gasteiger partial charge in [-0.2, -0.15) is 0 Å². The Morgan fingerprint density at radius 3 is 2.96 bits per heavy atom. The highest BCUT2D eigenvalue weighted by Crippen LogP contribution is 2.26. The molecule has 1 aliphatic heterocycles. The summed E-state index contributed by atoms with van der Waals surface area (Å²) in [5, 5.41) is 1.14. The van der Waals surface area contributed by atoms with E-state index in [2.05, 4.69) is 27.5 Å².